The van der Waals surface area contributed by atoms with Crippen molar-refractivity contribution in [3.8, 4) is 0 Å². The number of aromatic nitrogens is 1. The van der Waals surface area contributed by atoms with E-state index in [2.05, 4.69) is 20.9 Å². The largest absolute Gasteiger partial charge is 0.265 e. The Hall–Kier alpha value is -1.31. The summed E-state index contributed by atoms with van der Waals surface area (Å²) in [7, 11) is -2.45. The first kappa shape index (κ1) is 15.1. The van der Waals surface area contributed by atoms with E-state index in [1.807, 2.05) is 0 Å². The first-order chi connectivity index (χ1) is 9.41. The third-order valence-corrected chi connectivity index (χ3v) is 5.07. The van der Waals surface area contributed by atoms with Gasteiger partial charge in [-0.2, -0.15) is 4.31 Å². The quantitative estimate of drug-likeness (QED) is 0.844. The van der Waals surface area contributed by atoms with E-state index in [1.54, 1.807) is 24.5 Å². The third kappa shape index (κ3) is 3.23. The van der Waals surface area contributed by atoms with Crippen LogP contribution in [0.5, 0.6) is 0 Å². The van der Waals surface area contributed by atoms with E-state index in [0.29, 0.717) is 4.47 Å². The summed E-state index contributed by atoms with van der Waals surface area (Å²) in [6.45, 7) is 0.153. The van der Waals surface area contributed by atoms with Gasteiger partial charge in [-0.15, -0.1) is 0 Å². The summed E-state index contributed by atoms with van der Waals surface area (Å²) < 4.78 is 40.0. The van der Waals surface area contributed by atoms with Gasteiger partial charge in [0.15, 0.2) is 0 Å². The number of hydrogen-bond donors (Lipinski definition) is 0. The van der Waals surface area contributed by atoms with Gasteiger partial charge in [-0.05, 0) is 35.9 Å². The Kier molecular flexibility index (Phi) is 4.52. The summed E-state index contributed by atoms with van der Waals surface area (Å²) in [5, 5.41) is 0. The van der Waals surface area contributed by atoms with Gasteiger partial charge in [-0.1, -0.05) is 15.9 Å². The minimum Gasteiger partial charge on any atom is -0.265 e. The molecule has 2 rings (SSSR count). The predicted molar refractivity (Wildman–Crippen MR) is 77.0 cm³/mol. The van der Waals surface area contributed by atoms with Crippen LogP contribution in [-0.2, 0) is 16.6 Å². The number of nitrogens with zero attached hydrogens (tertiary/aromatic N) is 2. The smallest absolute Gasteiger partial charge is 0.246 e. The van der Waals surface area contributed by atoms with Crippen molar-refractivity contribution in [2.45, 2.75) is 11.4 Å². The molecule has 20 heavy (non-hydrogen) atoms. The van der Waals surface area contributed by atoms with E-state index in [-0.39, 0.29) is 11.4 Å². The van der Waals surface area contributed by atoms with Gasteiger partial charge in [0.25, 0.3) is 0 Å². The highest BCUT2D eigenvalue weighted by atomic mass is 79.9. The molecule has 0 radical (unpaired) electrons. The standard InChI is InChI=1S/C13H12BrFN2O2S/c1-17(9-10-4-6-16-7-5-10)20(18,19)13-3-2-11(14)8-12(13)15/h2-8H,9H2,1H3. The second-order valence-electron chi connectivity index (χ2n) is 4.19. The normalized spacial score (nSPS) is 11.8. The van der Waals surface area contributed by atoms with Crippen LogP contribution in [0.15, 0.2) is 52.1 Å². The highest BCUT2D eigenvalue weighted by Gasteiger charge is 2.24. The highest BCUT2D eigenvalue weighted by Crippen LogP contribution is 2.22. The van der Waals surface area contributed by atoms with Gasteiger partial charge in [0, 0.05) is 30.5 Å². The van der Waals surface area contributed by atoms with E-state index in [4.69, 9.17) is 0 Å². The van der Waals surface area contributed by atoms with Crippen LogP contribution in [0.2, 0.25) is 0 Å². The lowest BCUT2D eigenvalue weighted by atomic mass is 10.3. The fourth-order valence-electron chi connectivity index (χ4n) is 1.68. The van der Waals surface area contributed by atoms with Crippen LogP contribution in [-0.4, -0.2) is 24.8 Å². The molecule has 0 bridgehead atoms. The van der Waals surface area contributed by atoms with Crippen molar-refractivity contribution in [3.05, 3.63) is 58.6 Å². The number of pyridine rings is 1. The van der Waals surface area contributed by atoms with Crippen molar-refractivity contribution in [3.63, 3.8) is 0 Å². The number of hydrogen-bond acceptors (Lipinski definition) is 3. The van der Waals surface area contributed by atoms with Gasteiger partial charge in [0.2, 0.25) is 10.0 Å². The molecule has 1 heterocycles. The van der Waals surface area contributed by atoms with Gasteiger partial charge in [0.05, 0.1) is 0 Å². The number of rotatable bonds is 4. The molecule has 0 unspecified atom stereocenters. The van der Waals surface area contributed by atoms with E-state index in [1.165, 1.54) is 19.2 Å². The Balaban J connectivity index is 2.30. The summed E-state index contributed by atoms with van der Waals surface area (Å²) in [6, 6.07) is 7.30. The molecule has 0 aliphatic rings. The highest BCUT2D eigenvalue weighted by molar-refractivity contribution is 9.10. The molecule has 0 N–H and O–H groups in total. The molecule has 4 nitrogen and oxygen atoms in total. The van der Waals surface area contributed by atoms with Gasteiger partial charge in [0.1, 0.15) is 10.7 Å². The molecule has 0 atom stereocenters. The molecule has 0 aliphatic heterocycles. The summed E-state index contributed by atoms with van der Waals surface area (Å²) >= 11 is 3.10. The van der Waals surface area contributed by atoms with E-state index in [0.717, 1.165) is 15.9 Å². The average Bonchev–Trinajstić information content (AvgIpc) is 2.39. The zero-order valence-electron chi connectivity index (χ0n) is 10.6. The van der Waals surface area contributed by atoms with Crippen LogP contribution in [0.1, 0.15) is 5.56 Å². The molecule has 1 aromatic carbocycles. The Bertz CT molecular complexity index is 708. The molecule has 0 spiro atoms. The van der Waals surface area contributed by atoms with Crippen molar-refractivity contribution >= 4 is 26.0 Å². The van der Waals surface area contributed by atoms with E-state index in [9.17, 15) is 12.8 Å². The molecule has 0 saturated carbocycles. The van der Waals surface area contributed by atoms with E-state index >= 15 is 0 Å². The lowest BCUT2D eigenvalue weighted by Gasteiger charge is -2.17. The van der Waals surface area contributed by atoms with Crippen LogP contribution in [0.25, 0.3) is 0 Å². The minimum absolute atomic E-state index is 0.153. The Morgan fingerprint density at radius 3 is 2.50 bits per heavy atom. The molecule has 106 valence electrons. The van der Waals surface area contributed by atoms with Crippen molar-refractivity contribution in [2.75, 3.05) is 7.05 Å². The van der Waals surface area contributed by atoms with Crippen molar-refractivity contribution < 1.29 is 12.8 Å². The third-order valence-electron chi connectivity index (χ3n) is 2.74. The molecule has 0 aliphatic carbocycles. The van der Waals surface area contributed by atoms with E-state index < -0.39 is 15.8 Å². The van der Waals surface area contributed by atoms with Crippen molar-refractivity contribution in [2.24, 2.45) is 0 Å². The first-order valence-corrected chi connectivity index (χ1v) is 7.95. The number of halogens is 2. The minimum atomic E-state index is -3.87. The maximum atomic E-state index is 13.8. The number of sulfonamides is 1. The molecule has 7 heteroatoms. The van der Waals surface area contributed by atoms with Crippen LogP contribution >= 0.6 is 15.9 Å². The second kappa shape index (κ2) is 5.99. The van der Waals surface area contributed by atoms with Gasteiger partial charge in [-0.25, -0.2) is 12.8 Å². The SMILES string of the molecule is CN(Cc1ccncc1)S(=O)(=O)c1ccc(Br)cc1F. The summed E-state index contributed by atoms with van der Waals surface area (Å²) in [4.78, 5) is 3.53. The molecule has 1 aromatic heterocycles. The fraction of sp³-hybridized carbons (Fsp3) is 0.154. The Labute approximate surface area is 125 Å². The average molecular weight is 359 g/mol. The van der Waals surface area contributed by atoms with Crippen LogP contribution in [0, 0.1) is 5.82 Å². The Morgan fingerprint density at radius 2 is 1.90 bits per heavy atom. The lowest BCUT2D eigenvalue weighted by molar-refractivity contribution is 0.459. The summed E-state index contributed by atoms with van der Waals surface area (Å²) in [5.41, 5.74) is 0.781. The van der Waals surface area contributed by atoms with Gasteiger partial charge < -0.3 is 0 Å². The number of benzene rings is 1. The van der Waals surface area contributed by atoms with Crippen molar-refractivity contribution in [1.82, 2.24) is 9.29 Å². The van der Waals surface area contributed by atoms with Gasteiger partial charge >= 0.3 is 0 Å². The maximum Gasteiger partial charge on any atom is 0.246 e. The molecule has 2 aromatic rings. The zero-order valence-corrected chi connectivity index (χ0v) is 13.0. The zero-order chi connectivity index (χ0) is 14.8. The van der Waals surface area contributed by atoms with Crippen LogP contribution in [0.3, 0.4) is 0 Å². The van der Waals surface area contributed by atoms with Crippen LogP contribution < -0.4 is 0 Å². The predicted octanol–water partition coefficient (Wildman–Crippen LogP) is 2.80. The van der Waals surface area contributed by atoms with Crippen LogP contribution in [0.4, 0.5) is 4.39 Å². The molecular formula is C13H12BrFN2O2S. The monoisotopic (exact) mass is 358 g/mol. The maximum absolute atomic E-state index is 13.8. The lowest BCUT2D eigenvalue weighted by Crippen LogP contribution is -2.27. The first-order valence-electron chi connectivity index (χ1n) is 5.71. The van der Waals surface area contributed by atoms with Gasteiger partial charge in [-0.3, -0.25) is 4.98 Å². The molecule has 0 fully saturated rings. The second-order valence-corrected chi connectivity index (χ2v) is 7.12. The summed E-state index contributed by atoms with van der Waals surface area (Å²) in [5.74, 6) is -0.777. The molecule has 0 amide bonds. The fourth-order valence-corrected chi connectivity index (χ4v) is 3.22. The topological polar surface area (TPSA) is 50.3 Å². The Morgan fingerprint density at radius 1 is 1.25 bits per heavy atom. The molecule has 0 saturated heterocycles. The van der Waals surface area contributed by atoms with Crippen molar-refractivity contribution in [1.29, 1.82) is 0 Å². The summed E-state index contributed by atoms with van der Waals surface area (Å²) in [6.07, 6.45) is 3.16. The molecular weight excluding hydrogens is 347 g/mol.